The van der Waals surface area contributed by atoms with Gasteiger partial charge in [0, 0.05) is 36.8 Å². The van der Waals surface area contributed by atoms with Crippen molar-refractivity contribution in [1.29, 1.82) is 0 Å². The molecule has 134 valence electrons. The molecular weight excluding hydrogens is 323 g/mol. The Morgan fingerprint density at radius 1 is 1.08 bits per heavy atom. The van der Waals surface area contributed by atoms with Gasteiger partial charge in [0.1, 0.15) is 5.82 Å². The highest BCUT2D eigenvalue weighted by Gasteiger charge is 2.20. The molecule has 1 aliphatic heterocycles. The normalized spacial score (nSPS) is 15.9. The molecule has 0 amide bonds. The maximum absolute atomic E-state index is 13.6. The topological polar surface area (TPSA) is 8.17 Å². The van der Waals surface area contributed by atoms with Crippen LogP contribution >= 0.6 is 0 Å². The van der Waals surface area contributed by atoms with Crippen molar-refractivity contribution in [3.05, 3.63) is 70.7 Å². The van der Waals surface area contributed by atoms with Crippen LogP contribution in [0.25, 0.3) is 22.7 Å². The van der Waals surface area contributed by atoms with Crippen LogP contribution in [-0.4, -0.2) is 29.6 Å². The molecule has 0 bridgehead atoms. The van der Waals surface area contributed by atoms with Crippen molar-refractivity contribution in [3.8, 4) is 0 Å². The van der Waals surface area contributed by atoms with E-state index in [4.69, 9.17) is 0 Å². The molecule has 0 saturated heterocycles. The zero-order valence-corrected chi connectivity index (χ0v) is 15.7. The number of nitrogens with zero attached hydrogens (tertiary/aromatic N) is 2. The standard InChI is InChI=1S/C23H25FN2/c1-16-7-8-22-21(13-16)20-9-11-25(3)12-10-23(20)26(22)15-17(2)18-5-4-6-19(24)14-18/h4-8,13-15H,9-12H2,1-3H3/b17-15+. The van der Waals surface area contributed by atoms with Gasteiger partial charge in [-0.3, -0.25) is 0 Å². The smallest absolute Gasteiger partial charge is 0.123 e. The Balaban J connectivity index is 1.90. The van der Waals surface area contributed by atoms with Gasteiger partial charge in [0.05, 0.1) is 5.52 Å². The summed E-state index contributed by atoms with van der Waals surface area (Å²) in [5.41, 5.74) is 7.41. The molecule has 2 nitrogen and oxygen atoms in total. The van der Waals surface area contributed by atoms with Gasteiger partial charge >= 0.3 is 0 Å². The number of halogens is 1. The fraction of sp³-hybridized carbons (Fsp3) is 0.304. The van der Waals surface area contributed by atoms with Gasteiger partial charge in [0.25, 0.3) is 0 Å². The molecule has 0 spiro atoms. The van der Waals surface area contributed by atoms with Crippen LogP contribution < -0.4 is 0 Å². The van der Waals surface area contributed by atoms with E-state index in [1.807, 2.05) is 6.07 Å². The lowest BCUT2D eigenvalue weighted by atomic mass is 10.1. The van der Waals surface area contributed by atoms with Crippen LogP contribution in [0.1, 0.15) is 29.3 Å². The zero-order valence-electron chi connectivity index (χ0n) is 15.7. The van der Waals surface area contributed by atoms with Crippen molar-refractivity contribution in [3.63, 3.8) is 0 Å². The average Bonchev–Trinajstić information content (AvgIpc) is 2.75. The van der Waals surface area contributed by atoms with Crippen LogP contribution in [0.15, 0.2) is 42.5 Å². The number of likely N-dealkylation sites (N-methyl/N-ethyl adjacent to an activating group) is 1. The molecule has 0 N–H and O–H groups in total. The van der Waals surface area contributed by atoms with Gasteiger partial charge in [-0.1, -0.05) is 23.8 Å². The van der Waals surface area contributed by atoms with Crippen molar-refractivity contribution >= 4 is 22.7 Å². The second kappa shape index (κ2) is 6.73. The highest BCUT2D eigenvalue weighted by Crippen LogP contribution is 2.31. The molecule has 1 aromatic heterocycles. The molecule has 0 saturated carbocycles. The molecule has 26 heavy (non-hydrogen) atoms. The van der Waals surface area contributed by atoms with E-state index in [2.05, 4.69) is 54.8 Å². The summed E-state index contributed by atoms with van der Waals surface area (Å²) in [4.78, 5) is 2.40. The van der Waals surface area contributed by atoms with E-state index < -0.39 is 0 Å². The number of aryl methyl sites for hydroxylation is 1. The van der Waals surface area contributed by atoms with E-state index in [0.29, 0.717) is 0 Å². The summed E-state index contributed by atoms with van der Waals surface area (Å²) in [5, 5.41) is 1.36. The minimum Gasteiger partial charge on any atom is -0.320 e. The highest BCUT2D eigenvalue weighted by atomic mass is 19.1. The van der Waals surface area contributed by atoms with Crippen molar-refractivity contribution in [2.45, 2.75) is 26.7 Å². The van der Waals surface area contributed by atoms with Crippen LogP contribution in [0.5, 0.6) is 0 Å². The molecular formula is C23H25FN2. The number of rotatable bonds is 2. The van der Waals surface area contributed by atoms with Crippen LogP contribution in [-0.2, 0) is 12.8 Å². The number of benzene rings is 2. The first-order valence-electron chi connectivity index (χ1n) is 9.28. The Hall–Kier alpha value is -2.39. The van der Waals surface area contributed by atoms with Gasteiger partial charge in [-0.15, -0.1) is 0 Å². The van der Waals surface area contributed by atoms with Gasteiger partial charge in [0.15, 0.2) is 0 Å². The van der Waals surface area contributed by atoms with Crippen LogP contribution in [0.3, 0.4) is 0 Å². The number of hydrogen-bond acceptors (Lipinski definition) is 1. The third-order valence-electron chi connectivity index (χ3n) is 5.45. The zero-order chi connectivity index (χ0) is 18.3. The molecule has 3 heteroatoms. The fourth-order valence-electron chi connectivity index (χ4n) is 3.96. The Morgan fingerprint density at radius 2 is 1.88 bits per heavy atom. The summed E-state index contributed by atoms with van der Waals surface area (Å²) in [6, 6.07) is 13.5. The van der Waals surface area contributed by atoms with E-state index >= 15 is 0 Å². The highest BCUT2D eigenvalue weighted by molar-refractivity contribution is 5.90. The molecule has 0 atom stereocenters. The van der Waals surface area contributed by atoms with Crippen molar-refractivity contribution in [2.75, 3.05) is 20.1 Å². The van der Waals surface area contributed by atoms with Crippen molar-refractivity contribution < 1.29 is 4.39 Å². The largest absolute Gasteiger partial charge is 0.320 e. The molecule has 3 aromatic rings. The summed E-state index contributed by atoms with van der Waals surface area (Å²) < 4.78 is 16.0. The minimum atomic E-state index is -0.191. The van der Waals surface area contributed by atoms with E-state index in [9.17, 15) is 4.39 Å². The number of allylic oxidation sites excluding steroid dienone is 1. The van der Waals surface area contributed by atoms with E-state index in [1.54, 1.807) is 12.1 Å². The van der Waals surface area contributed by atoms with Crippen LogP contribution in [0, 0.1) is 12.7 Å². The summed E-state index contributed by atoms with van der Waals surface area (Å²) in [7, 11) is 2.19. The second-order valence-electron chi connectivity index (χ2n) is 7.44. The van der Waals surface area contributed by atoms with Gasteiger partial charge < -0.3 is 9.47 Å². The van der Waals surface area contributed by atoms with E-state index in [0.717, 1.165) is 37.1 Å². The Bertz CT molecular complexity index is 997. The fourth-order valence-corrected chi connectivity index (χ4v) is 3.96. The SMILES string of the molecule is C/C(=C\n1c2c(c3cc(C)ccc31)CCN(C)CC2)c1cccc(F)c1. The number of aromatic nitrogens is 1. The van der Waals surface area contributed by atoms with Gasteiger partial charge in [0.2, 0.25) is 0 Å². The Labute approximate surface area is 154 Å². The molecule has 1 aliphatic rings. The molecule has 2 heterocycles. The third kappa shape index (κ3) is 3.08. The van der Waals surface area contributed by atoms with Crippen LogP contribution in [0.2, 0.25) is 0 Å². The second-order valence-corrected chi connectivity index (χ2v) is 7.44. The quantitative estimate of drug-likeness (QED) is 0.623. The lowest BCUT2D eigenvalue weighted by molar-refractivity contribution is 0.351. The molecule has 0 aliphatic carbocycles. The lowest BCUT2D eigenvalue weighted by Crippen LogP contribution is -2.21. The summed E-state index contributed by atoms with van der Waals surface area (Å²) in [6.07, 6.45) is 4.29. The van der Waals surface area contributed by atoms with E-state index in [-0.39, 0.29) is 5.82 Å². The van der Waals surface area contributed by atoms with Crippen molar-refractivity contribution in [1.82, 2.24) is 9.47 Å². The maximum atomic E-state index is 13.6. The molecule has 2 aromatic carbocycles. The summed E-state index contributed by atoms with van der Waals surface area (Å²) >= 11 is 0. The first-order valence-corrected chi connectivity index (χ1v) is 9.28. The molecule has 0 radical (unpaired) electrons. The monoisotopic (exact) mass is 348 g/mol. The average molecular weight is 348 g/mol. The van der Waals surface area contributed by atoms with Gasteiger partial charge in [-0.05, 0) is 68.3 Å². The summed E-state index contributed by atoms with van der Waals surface area (Å²) in [5.74, 6) is -0.191. The Kier molecular flexibility index (Phi) is 4.41. The van der Waals surface area contributed by atoms with E-state index in [1.165, 1.54) is 33.8 Å². The molecule has 0 unspecified atom stereocenters. The predicted molar refractivity (Wildman–Crippen MR) is 108 cm³/mol. The summed E-state index contributed by atoms with van der Waals surface area (Å²) in [6.45, 7) is 6.37. The van der Waals surface area contributed by atoms with Crippen LogP contribution in [0.4, 0.5) is 4.39 Å². The Morgan fingerprint density at radius 3 is 2.69 bits per heavy atom. The van der Waals surface area contributed by atoms with Crippen molar-refractivity contribution in [2.24, 2.45) is 0 Å². The lowest BCUT2D eigenvalue weighted by Gasteiger charge is -2.13. The first kappa shape index (κ1) is 17.0. The first-order chi connectivity index (χ1) is 12.5. The minimum absolute atomic E-state index is 0.191. The van der Waals surface area contributed by atoms with Gasteiger partial charge in [-0.2, -0.15) is 0 Å². The number of fused-ring (bicyclic) bond motifs is 3. The predicted octanol–water partition coefficient (Wildman–Crippen LogP) is 5.14. The molecule has 4 rings (SSSR count). The third-order valence-corrected chi connectivity index (χ3v) is 5.45. The molecule has 0 fully saturated rings. The van der Waals surface area contributed by atoms with Gasteiger partial charge in [-0.25, -0.2) is 4.39 Å². The number of hydrogen-bond donors (Lipinski definition) is 0. The maximum Gasteiger partial charge on any atom is 0.123 e.